The second-order valence-corrected chi connectivity index (χ2v) is 6.41. The lowest BCUT2D eigenvalue weighted by molar-refractivity contribution is 0.389. The third-order valence-corrected chi connectivity index (χ3v) is 4.94. The molecular weight excluding hydrogens is 212 g/mol. The van der Waals surface area contributed by atoms with E-state index in [-0.39, 0.29) is 0 Å². The van der Waals surface area contributed by atoms with Crippen molar-refractivity contribution in [2.24, 2.45) is 5.92 Å². The van der Waals surface area contributed by atoms with Crippen molar-refractivity contribution in [3.63, 3.8) is 0 Å². The highest BCUT2D eigenvalue weighted by molar-refractivity contribution is 7.89. The summed E-state index contributed by atoms with van der Waals surface area (Å²) in [5.41, 5.74) is 0. The molecule has 0 amide bonds. The topological polar surface area (TPSA) is 49.4 Å². The molecule has 5 heteroatoms. The Morgan fingerprint density at radius 2 is 1.93 bits per heavy atom. The fourth-order valence-electron chi connectivity index (χ4n) is 1.93. The predicted molar refractivity (Wildman–Crippen MR) is 62.3 cm³/mol. The van der Waals surface area contributed by atoms with E-state index in [9.17, 15) is 8.42 Å². The van der Waals surface area contributed by atoms with Gasteiger partial charge in [-0.1, -0.05) is 6.92 Å². The smallest absolute Gasteiger partial charge is 0.214 e. The van der Waals surface area contributed by atoms with Crippen LogP contribution in [-0.4, -0.2) is 45.2 Å². The normalized spacial score (nSPS) is 19.7. The van der Waals surface area contributed by atoms with Crippen LogP contribution < -0.4 is 5.32 Å². The maximum Gasteiger partial charge on any atom is 0.214 e. The van der Waals surface area contributed by atoms with Crippen molar-refractivity contribution in [1.82, 2.24) is 9.62 Å². The minimum Gasteiger partial charge on any atom is -0.317 e. The van der Waals surface area contributed by atoms with Crippen LogP contribution in [-0.2, 0) is 10.0 Å². The van der Waals surface area contributed by atoms with E-state index < -0.39 is 10.0 Å². The SMILES string of the molecule is CCCN(C)S(=O)(=O)CC1CCNCC1. The lowest BCUT2D eigenvalue weighted by atomic mass is 10.0. The van der Waals surface area contributed by atoms with Crippen molar-refractivity contribution in [3.05, 3.63) is 0 Å². The first-order chi connectivity index (χ1) is 7.06. The van der Waals surface area contributed by atoms with Crippen LogP contribution in [0.4, 0.5) is 0 Å². The van der Waals surface area contributed by atoms with Gasteiger partial charge in [0.2, 0.25) is 10.0 Å². The van der Waals surface area contributed by atoms with E-state index >= 15 is 0 Å². The molecule has 0 aromatic carbocycles. The number of hydrogen-bond acceptors (Lipinski definition) is 3. The second-order valence-electron chi connectivity index (χ2n) is 4.29. The maximum absolute atomic E-state index is 11.9. The molecular formula is C10H22N2O2S. The summed E-state index contributed by atoms with van der Waals surface area (Å²) in [6.07, 6.45) is 2.85. The summed E-state index contributed by atoms with van der Waals surface area (Å²) in [5, 5.41) is 3.25. The average Bonchev–Trinajstić information content (AvgIpc) is 2.19. The highest BCUT2D eigenvalue weighted by Crippen LogP contribution is 2.15. The molecule has 1 rings (SSSR count). The Balaban J connectivity index is 2.47. The number of hydrogen-bond donors (Lipinski definition) is 1. The van der Waals surface area contributed by atoms with Crippen LogP contribution in [0.15, 0.2) is 0 Å². The van der Waals surface area contributed by atoms with Gasteiger partial charge < -0.3 is 5.32 Å². The number of nitrogens with one attached hydrogen (secondary N) is 1. The summed E-state index contributed by atoms with van der Waals surface area (Å²) < 4.78 is 25.3. The molecule has 1 N–H and O–H groups in total. The molecule has 1 aliphatic rings. The molecule has 0 saturated carbocycles. The molecule has 0 aromatic rings. The van der Waals surface area contributed by atoms with Gasteiger partial charge in [-0.05, 0) is 38.3 Å². The lowest BCUT2D eigenvalue weighted by Crippen LogP contribution is -2.36. The fourth-order valence-corrected chi connectivity index (χ4v) is 3.57. The fraction of sp³-hybridized carbons (Fsp3) is 1.00. The van der Waals surface area contributed by atoms with Gasteiger partial charge in [0, 0.05) is 13.6 Å². The molecule has 0 unspecified atom stereocenters. The van der Waals surface area contributed by atoms with Crippen molar-refractivity contribution >= 4 is 10.0 Å². The highest BCUT2D eigenvalue weighted by atomic mass is 32.2. The maximum atomic E-state index is 11.9. The summed E-state index contributed by atoms with van der Waals surface area (Å²) in [5.74, 6) is 0.668. The van der Waals surface area contributed by atoms with Crippen LogP contribution in [0, 0.1) is 5.92 Å². The summed E-state index contributed by atoms with van der Waals surface area (Å²) in [7, 11) is -1.34. The summed E-state index contributed by atoms with van der Waals surface area (Å²) in [4.78, 5) is 0. The quantitative estimate of drug-likeness (QED) is 0.760. The molecule has 15 heavy (non-hydrogen) atoms. The Morgan fingerprint density at radius 1 is 1.33 bits per heavy atom. The van der Waals surface area contributed by atoms with Crippen LogP contribution in [0.25, 0.3) is 0 Å². The Hall–Kier alpha value is -0.130. The first-order valence-corrected chi connectivity index (χ1v) is 7.32. The lowest BCUT2D eigenvalue weighted by Gasteiger charge is -2.25. The summed E-state index contributed by atoms with van der Waals surface area (Å²) in [6.45, 7) is 4.54. The minimum absolute atomic E-state index is 0.325. The van der Waals surface area contributed by atoms with Gasteiger partial charge >= 0.3 is 0 Å². The molecule has 1 heterocycles. The van der Waals surface area contributed by atoms with E-state index in [1.165, 1.54) is 4.31 Å². The summed E-state index contributed by atoms with van der Waals surface area (Å²) in [6, 6.07) is 0. The summed E-state index contributed by atoms with van der Waals surface area (Å²) >= 11 is 0. The zero-order valence-corrected chi connectivity index (χ0v) is 10.5. The van der Waals surface area contributed by atoms with E-state index in [2.05, 4.69) is 5.32 Å². The molecule has 0 bridgehead atoms. The van der Waals surface area contributed by atoms with Gasteiger partial charge in [-0.2, -0.15) is 0 Å². The minimum atomic E-state index is -3.02. The Labute approximate surface area is 93.1 Å². The number of nitrogens with zero attached hydrogens (tertiary/aromatic N) is 1. The molecule has 0 spiro atoms. The Kier molecular flexibility index (Phi) is 5.02. The van der Waals surface area contributed by atoms with Crippen LogP contribution in [0.1, 0.15) is 26.2 Å². The van der Waals surface area contributed by atoms with Gasteiger partial charge in [0.25, 0.3) is 0 Å². The van der Waals surface area contributed by atoms with Crippen molar-refractivity contribution in [1.29, 1.82) is 0 Å². The zero-order chi connectivity index (χ0) is 11.3. The van der Waals surface area contributed by atoms with Crippen LogP contribution in [0.5, 0.6) is 0 Å². The average molecular weight is 234 g/mol. The van der Waals surface area contributed by atoms with Crippen molar-refractivity contribution in [2.45, 2.75) is 26.2 Å². The van der Waals surface area contributed by atoms with Gasteiger partial charge in [-0.15, -0.1) is 0 Å². The van der Waals surface area contributed by atoms with E-state index in [0.717, 1.165) is 32.4 Å². The van der Waals surface area contributed by atoms with Crippen LogP contribution in [0.2, 0.25) is 0 Å². The largest absolute Gasteiger partial charge is 0.317 e. The van der Waals surface area contributed by atoms with E-state index in [1.807, 2.05) is 6.92 Å². The second kappa shape index (κ2) is 5.82. The van der Waals surface area contributed by atoms with E-state index in [0.29, 0.717) is 18.2 Å². The molecule has 0 aliphatic carbocycles. The molecule has 1 aliphatic heterocycles. The monoisotopic (exact) mass is 234 g/mol. The Bertz CT molecular complexity index is 271. The molecule has 0 radical (unpaired) electrons. The molecule has 0 atom stereocenters. The number of piperidine rings is 1. The molecule has 90 valence electrons. The van der Waals surface area contributed by atoms with Crippen LogP contribution >= 0.6 is 0 Å². The third-order valence-electron chi connectivity index (χ3n) is 2.92. The molecule has 4 nitrogen and oxygen atoms in total. The van der Waals surface area contributed by atoms with Crippen LogP contribution in [0.3, 0.4) is 0 Å². The highest BCUT2D eigenvalue weighted by Gasteiger charge is 2.24. The van der Waals surface area contributed by atoms with Crippen molar-refractivity contribution in [3.8, 4) is 0 Å². The first kappa shape index (κ1) is 12.9. The van der Waals surface area contributed by atoms with Gasteiger partial charge in [-0.3, -0.25) is 0 Å². The van der Waals surface area contributed by atoms with Gasteiger partial charge in [0.1, 0.15) is 0 Å². The zero-order valence-electron chi connectivity index (χ0n) is 9.70. The van der Waals surface area contributed by atoms with E-state index in [4.69, 9.17) is 0 Å². The van der Waals surface area contributed by atoms with Gasteiger partial charge in [0.15, 0.2) is 0 Å². The predicted octanol–water partition coefficient (Wildman–Crippen LogP) is 0.658. The molecule has 0 aromatic heterocycles. The van der Waals surface area contributed by atoms with Crippen molar-refractivity contribution < 1.29 is 8.42 Å². The van der Waals surface area contributed by atoms with E-state index in [1.54, 1.807) is 7.05 Å². The number of rotatable bonds is 5. The third kappa shape index (κ3) is 4.09. The van der Waals surface area contributed by atoms with Gasteiger partial charge in [0.05, 0.1) is 5.75 Å². The number of sulfonamides is 1. The standard InChI is InChI=1S/C10H22N2O2S/c1-3-8-12(2)15(13,14)9-10-4-6-11-7-5-10/h10-11H,3-9H2,1-2H3. The molecule has 1 fully saturated rings. The van der Waals surface area contributed by atoms with Gasteiger partial charge in [-0.25, -0.2) is 12.7 Å². The first-order valence-electron chi connectivity index (χ1n) is 5.71. The van der Waals surface area contributed by atoms with Crippen molar-refractivity contribution in [2.75, 3.05) is 32.4 Å². The Morgan fingerprint density at radius 3 is 2.47 bits per heavy atom. The molecule has 1 saturated heterocycles.